The molecule has 1 aliphatic rings. The first-order valence-electron chi connectivity index (χ1n) is 8.58. The van der Waals surface area contributed by atoms with Crippen molar-refractivity contribution in [3.05, 3.63) is 41.6 Å². The number of imidazole rings is 1. The first-order valence-corrected chi connectivity index (χ1v) is 10.0. The zero-order chi connectivity index (χ0) is 18.9. The van der Waals surface area contributed by atoms with Gasteiger partial charge >= 0.3 is 0 Å². The highest BCUT2D eigenvalue weighted by Gasteiger charge is 2.30. The first kappa shape index (κ1) is 18.4. The molecule has 8 heteroatoms. The maximum absolute atomic E-state index is 13.4. The third-order valence-electron chi connectivity index (χ3n) is 4.50. The molecular weight excluding hydrogens is 355 g/mol. The fourth-order valence-corrected chi connectivity index (χ4v) is 4.35. The number of anilines is 1. The summed E-state index contributed by atoms with van der Waals surface area (Å²) in [5.74, 6) is 0.838. The van der Waals surface area contributed by atoms with Crippen molar-refractivity contribution in [2.24, 2.45) is 5.92 Å². The lowest BCUT2D eigenvalue weighted by Gasteiger charge is -2.22. The van der Waals surface area contributed by atoms with Crippen LogP contribution in [0, 0.1) is 30.0 Å². The van der Waals surface area contributed by atoms with Crippen molar-refractivity contribution >= 4 is 15.7 Å². The number of nitriles is 1. The molecule has 0 aliphatic heterocycles. The fourth-order valence-electron chi connectivity index (χ4n) is 2.95. The van der Waals surface area contributed by atoms with Gasteiger partial charge in [-0.15, -0.1) is 0 Å². The van der Waals surface area contributed by atoms with Crippen LogP contribution in [0.1, 0.15) is 31.2 Å². The van der Waals surface area contributed by atoms with E-state index in [0.717, 1.165) is 23.7 Å². The van der Waals surface area contributed by atoms with Crippen LogP contribution in [0.2, 0.25) is 0 Å². The van der Waals surface area contributed by atoms with Gasteiger partial charge in [-0.2, -0.15) is 13.7 Å². The minimum atomic E-state index is -4.02. The molecule has 0 atom stereocenters. The number of benzene rings is 1. The van der Waals surface area contributed by atoms with Gasteiger partial charge in [-0.25, -0.2) is 9.37 Å². The molecule has 0 bridgehead atoms. The zero-order valence-electron chi connectivity index (χ0n) is 14.8. The van der Waals surface area contributed by atoms with Crippen LogP contribution in [-0.2, 0) is 23.0 Å². The van der Waals surface area contributed by atoms with E-state index in [1.807, 2.05) is 17.6 Å². The summed E-state index contributed by atoms with van der Waals surface area (Å²) in [4.78, 5) is 4.31. The maximum atomic E-state index is 13.4. The van der Waals surface area contributed by atoms with Crippen molar-refractivity contribution in [1.29, 1.82) is 5.26 Å². The second kappa shape index (κ2) is 7.08. The topological polar surface area (TPSA) is 79.0 Å². The summed E-state index contributed by atoms with van der Waals surface area (Å²) in [5, 5.41) is 9.06. The molecule has 1 aromatic heterocycles. The van der Waals surface area contributed by atoms with Gasteiger partial charge < -0.3 is 4.57 Å². The minimum absolute atomic E-state index is 0.0750. The molecule has 3 rings (SSSR count). The van der Waals surface area contributed by atoms with E-state index < -0.39 is 15.8 Å². The Morgan fingerprint density at radius 2 is 2.15 bits per heavy atom. The summed E-state index contributed by atoms with van der Waals surface area (Å²) in [7, 11) is -4.02. The van der Waals surface area contributed by atoms with Crippen LogP contribution in [-0.4, -0.2) is 24.5 Å². The highest BCUT2D eigenvalue weighted by Crippen LogP contribution is 2.32. The smallest absolute Gasteiger partial charge is 0.284 e. The number of sulfonamides is 1. The van der Waals surface area contributed by atoms with Crippen molar-refractivity contribution in [2.75, 3.05) is 10.8 Å². The number of rotatable bonds is 7. The van der Waals surface area contributed by atoms with Gasteiger partial charge in [0.1, 0.15) is 18.2 Å². The molecule has 1 heterocycles. The number of hydrogen-bond donors (Lipinski definition) is 0. The van der Waals surface area contributed by atoms with Gasteiger partial charge in [0.15, 0.2) is 5.03 Å². The highest BCUT2D eigenvalue weighted by atomic mass is 32.2. The van der Waals surface area contributed by atoms with E-state index in [0.29, 0.717) is 23.7 Å². The number of hydrogen-bond acceptors (Lipinski definition) is 4. The Morgan fingerprint density at radius 3 is 2.73 bits per heavy atom. The molecule has 0 saturated heterocycles. The normalized spacial score (nSPS) is 14.2. The first-order chi connectivity index (χ1) is 12.4. The molecule has 1 aliphatic carbocycles. The summed E-state index contributed by atoms with van der Waals surface area (Å²) < 4.78 is 42.6. The van der Waals surface area contributed by atoms with Gasteiger partial charge in [-0.3, -0.25) is 4.31 Å². The van der Waals surface area contributed by atoms with Gasteiger partial charge in [-0.1, -0.05) is 6.92 Å². The standard InChI is InChI=1S/C18H21FN4O2S/c1-3-17-21-18(12-22(17)11-14-4-5-14)26(24,25)23(9-8-20)16-7-6-15(19)10-13(16)2/h6-7,10,12,14H,3-5,9,11H2,1-2H3. The van der Waals surface area contributed by atoms with Crippen molar-refractivity contribution in [3.8, 4) is 6.07 Å². The van der Waals surface area contributed by atoms with E-state index in [2.05, 4.69) is 4.98 Å². The molecule has 0 radical (unpaired) electrons. The lowest BCUT2D eigenvalue weighted by molar-refractivity contribution is 0.587. The average Bonchev–Trinajstić information content (AvgIpc) is 3.30. The van der Waals surface area contributed by atoms with Crippen LogP contribution in [0.4, 0.5) is 10.1 Å². The van der Waals surface area contributed by atoms with Crippen LogP contribution in [0.3, 0.4) is 0 Å². The van der Waals surface area contributed by atoms with Crippen LogP contribution in [0.25, 0.3) is 0 Å². The Bertz CT molecular complexity index is 958. The molecule has 1 fully saturated rings. The Hall–Kier alpha value is -2.40. The van der Waals surface area contributed by atoms with Gasteiger partial charge in [0.2, 0.25) is 0 Å². The molecule has 1 aromatic carbocycles. The molecular formula is C18H21FN4O2S. The lowest BCUT2D eigenvalue weighted by Crippen LogP contribution is -2.32. The summed E-state index contributed by atoms with van der Waals surface area (Å²) >= 11 is 0. The van der Waals surface area contributed by atoms with Gasteiger partial charge in [-0.05, 0) is 49.4 Å². The molecule has 138 valence electrons. The zero-order valence-corrected chi connectivity index (χ0v) is 15.6. The monoisotopic (exact) mass is 376 g/mol. The van der Waals surface area contributed by atoms with Crippen LogP contribution >= 0.6 is 0 Å². The van der Waals surface area contributed by atoms with Crippen molar-refractivity contribution in [2.45, 2.75) is 44.7 Å². The minimum Gasteiger partial charge on any atom is -0.333 e. The molecule has 1 saturated carbocycles. The van der Waals surface area contributed by atoms with Crippen LogP contribution in [0.15, 0.2) is 29.4 Å². The SMILES string of the molecule is CCc1nc(S(=O)(=O)N(CC#N)c2ccc(F)cc2C)cn1CC1CC1. The van der Waals surface area contributed by atoms with E-state index >= 15 is 0 Å². The quantitative estimate of drug-likeness (QED) is 0.696. The van der Waals surface area contributed by atoms with Crippen molar-refractivity contribution in [1.82, 2.24) is 9.55 Å². The molecule has 26 heavy (non-hydrogen) atoms. The third kappa shape index (κ3) is 3.58. The number of aromatic nitrogens is 2. The number of halogens is 1. The van der Waals surface area contributed by atoms with Crippen molar-refractivity contribution < 1.29 is 12.8 Å². The number of aryl methyl sites for hydroxylation is 2. The second-order valence-corrected chi connectivity index (χ2v) is 8.35. The molecule has 2 aromatic rings. The van der Waals surface area contributed by atoms with E-state index in [1.54, 1.807) is 13.1 Å². The summed E-state index contributed by atoms with van der Waals surface area (Å²) in [6, 6.07) is 5.69. The summed E-state index contributed by atoms with van der Waals surface area (Å²) in [5.41, 5.74) is 0.722. The second-order valence-electron chi connectivity index (χ2n) is 6.55. The van der Waals surface area contributed by atoms with E-state index in [4.69, 9.17) is 5.26 Å². The van der Waals surface area contributed by atoms with E-state index in [-0.39, 0.29) is 17.3 Å². The predicted octanol–water partition coefficient (Wildman–Crippen LogP) is 3.02. The largest absolute Gasteiger partial charge is 0.333 e. The Balaban J connectivity index is 2.03. The fraction of sp³-hybridized carbons (Fsp3) is 0.444. The Kier molecular flexibility index (Phi) is 5.01. The average molecular weight is 376 g/mol. The van der Waals surface area contributed by atoms with Crippen LogP contribution < -0.4 is 4.31 Å². The van der Waals surface area contributed by atoms with E-state index in [1.165, 1.54) is 18.2 Å². The summed E-state index contributed by atoms with van der Waals surface area (Å²) in [6.07, 6.45) is 4.48. The van der Waals surface area contributed by atoms with Crippen LogP contribution in [0.5, 0.6) is 0 Å². The van der Waals surface area contributed by atoms with E-state index in [9.17, 15) is 12.8 Å². The predicted molar refractivity (Wildman–Crippen MR) is 95.6 cm³/mol. The Labute approximate surface area is 152 Å². The van der Waals surface area contributed by atoms with Gasteiger partial charge in [0, 0.05) is 19.2 Å². The third-order valence-corrected chi connectivity index (χ3v) is 6.13. The van der Waals surface area contributed by atoms with Gasteiger partial charge in [0.05, 0.1) is 11.8 Å². The molecule has 0 amide bonds. The molecule has 0 spiro atoms. The molecule has 6 nitrogen and oxygen atoms in total. The van der Waals surface area contributed by atoms with Gasteiger partial charge in [0.25, 0.3) is 10.0 Å². The van der Waals surface area contributed by atoms with Crippen molar-refractivity contribution in [3.63, 3.8) is 0 Å². The molecule has 0 N–H and O–H groups in total. The highest BCUT2D eigenvalue weighted by molar-refractivity contribution is 7.92. The molecule has 0 unspecified atom stereocenters. The maximum Gasteiger partial charge on any atom is 0.284 e. The lowest BCUT2D eigenvalue weighted by atomic mass is 10.2. The Morgan fingerprint density at radius 1 is 1.42 bits per heavy atom. The number of nitrogens with zero attached hydrogens (tertiary/aromatic N) is 4. The summed E-state index contributed by atoms with van der Waals surface area (Å²) in [6.45, 7) is 3.94.